The molecule has 0 saturated heterocycles. The Morgan fingerprint density at radius 1 is 1.19 bits per heavy atom. The van der Waals surface area contributed by atoms with Gasteiger partial charge in [0.05, 0.1) is 18.4 Å². The standard InChI is InChI=1S/C25H33FN2O3/c1-18(2)16-30-17-22(29)14-28(13-20-8-6-9-21(26)11-20)15-23-12-25(27-31-23)24-10-5-4-7-19(24)3/h4-11,18,22-23,29H,12-17H2,1-3H3/t22-,23+/m1/s1. The van der Waals surface area contributed by atoms with E-state index < -0.39 is 6.10 Å². The second-order valence-corrected chi connectivity index (χ2v) is 8.69. The van der Waals surface area contributed by atoms with Gasteiger partial charge in [0.2, 0.25) is 0 Å². The van der Waals surface area contributed by atoms with Crippen molar-refractivity contribution < 1.29 is 19.1 Å². The lowest BCUT2D eigenvalue weighted by molar-refractivity contribution is -0.00735. The van der Waals surface area contributed by atoms with Gasteiger partial charge in [-0.1, -0.05) is 55.4 Å². The molecule has 6 heteroatoms. The van der Waals surface area contributed by atoms with E-state index in [4.69, 9.17) is 9.57 Å². The number of oxime groups is 1. The summed E-state index contributed by atoms with van der Waals surface area (Å²) < 4.78 is 19.3. The minimum atomic E-state index is -0.634. The van der Waals surface area contributed by atoms with Crippen molar-refractivity contribution in [2.75, 3.05) is 26.3 Å². The quantitative estimate of drug-likeness (QED) is 0.584. The van der Waals surface area contributed by atoms with Gasteiger partial charge in [-0.25, -0.2) is 4.39 Å². The largest absolute Gasteiger partial charge is 0.390 e. The molecule has 1 aliphatic rings. The molecule has 2 aromatic rings. The van der Waals surface area contributed by atoms with Crippen LogP contribution in [-0.2, 0) is 16.1 Å². The van der Waals surface area contributed by atoms with Crippen LogP contribution in [0.3, 0.4) is 0 Å². The van der Waals surface area contributed by atoms with Crippen molar-refractivity contribution in [3.05, 3.63) is 71.0 Å². The molecule has 0 aromatic heterocycles. The first-order chi connectivity index (χ1) is 14.9. The van der Waals surface area contributed by atoms with E-state index in [1.54, 1.807) is 6.07 Å². The van der Waals surface area contributed by atoms with E-state index in [2.05, 4.69) is 43.0 Å². The number of rotatable bonds is 11. The molecule has 1 heterocycles. The summed E-state index contributed by atoms with van der Waals surface area (Å²) in [7, 11) is 0. The fraction of sp³-hybridized carbons (Fsp3) is 0.480. The zero-order chi connectivity index (χ0) is 22.2. The minimum absolute atomic E-state index is 0.119. The van der Waals surface area contributed by atoms with Crippen LogP contribution in [0.15, 0.2) is 53.7 Å². The lowest BCUT2D eigenvalue weighted by Gasteiger charge is -2.27. The molecule has 2 atom stereocenters. The molecule has 5 nitrogen and oxygen atoms in total. The normalized spacial score (nSPS) is 17.1. The van der Waals surface area contributed by atoms with E-state index in [0.717, 1.165) is 16.8 Å². The van der Waals surface area contributed by atoms with Crippen LogP contribution in [0.25, 0.3) is 0 Å². The van der Waals surface area contributed by atoms with Crippen molar-refractivity contribution in [2.45, 2.75) is 45.9 Å². The topological polar surface area (TPSA) is 54.3 Å². The number of ether oxygens (including phenoxy) is 1. The van der Waals surface area contributed by atoms with Crippen LogP contribution < -0.4 is 0 Å². The molecule has 0 unspecified atom stereocenters. The zero-order valence-corrected chi connectivity index (χ0v) is 18.6. The van der Waals surface area contributed by atoms with Gasteiger partial charge in [0.1, 0.15) is 11.9 Å². The first-order valence-corrected chi connectivity index (χ1v) is 10.9. The van der Waals surface area contributed by atoms with Gasteiger partial charge in [-0.15, -0.1) is 0 Å². The maximum atomic E-state index is 13.7. The molecule has 168 valence electrons. The van der Waals surface area contributed by atoms with Gasteiger partial charge in [0, 0.05) is 38.2 Å². The van der Waals surface area contributed by atoms with Gasteiger partial charge in [-0.05, 0) is 36.1 Å². The average Bonchev–Trinajstić information content (AvgIpc) is 3.16. The van der Waals surface area contributed by atoms with Crippen LogP contribution in [-0.4, -0.2) is 54.2 Å². The predicted molar refractivity (Wildman–Crippen MR) is 121 cm³/mol. The highest BCUT2D eigenvalue weighted by Gasteiger charge is 2.26. The third kappa shape index (κ3) is 7.42. The molecule has 0 fully saturated rings. The lowest BCUT2D eigenvalue weighted by Crippen LogP contribution is -2.39. The van der Waals surface area contributed by atoms with Gasteiger partial charge >= 0.3 is 0 Å². The smallest absolute Gasteiger partial charge is 0.145 e. The maximum Gasteiger partial charge on any atom is 0.145 e. The summed E-state index contributed by atoms with van der Waals surface area (Å²) in [5, 5.41) is 14.8. The Labute approximate surface area is 184 Å². The van der Waals surface area contributed by atoms with E-state index in [0.29, 0.717) is 38.6 Å². The fourth-order valence-corrected chi connectivity index (χ4v) is 3.76. The van der Waals surface area contributed by atoms with Gasteiger partial charge in [-0.3, -0.25) is 4.90 Å². The summed E-state index contributed by atoms with van der Waals surface area (Å²) >= 11 is 0. The van der Waals surface area contributed by atoms with Gasteiger partial charge in [0.25, 0.3) is 0 Å². The molecule has 0 aliphatic carbocycles. The highest BCUT2D eigenvalue weighted by molar-refractivity contribution is 6.02. The van der Waals surface area contributed by atoms with Crippen LogP contribution in [0.1, 0.15) is 37.0 Å². The summed E-state index contributed by atoms with van der Waals surface area (Å²) in [5.41, 5.74) is 4.06. The van der Waals surface area contributed by atoms with E-state index in [1.165, 1.54) is 17.7 Å². The number of aliphatic hydroxyl groups is 1. The van der Waals surface area contributed by atoms with Crippen LogP contribution >= 0.6 is 0 Å². The van der Waals surface area contributed by atoms with Crippen molar-refractivity contribution in [3.8, 4) is 0 Å². The Morgan fingerprint density at radius 3 is 2.74 bits per heavy atom. The summed E-state index contributed by atoms with van der Waals surface area (Å²) in [5.74, 6) is 0.153. The SMILES string of the molecule is Cc1ccccc1C1=NO[C@H](CN(Cc2cccc(F)c2)C[C@@H](O)COCC(C)C)C1. The van der Waals surface area contributed by atoms with Crippen LogP contribution in [0.2, 0.25) is 0 Å². The predicted octanol–water partition coefficient (Wildman–Crippen LogP) is 4.16. The van der Waals surface area contributed by atoms with Gasteiger partial charge in [0.15, 0.2) is 0 Å². The first kappa shape index (κ1) is 23.4. The number of aryl methyl sites for hydroxylation is 1. The summed E-state index contributed by atoms with van der Waals surface area (Å²) in [6.07, 6.45) is -0.0535. The number of hydrogen-bond donors (Lipinski definition) is 1. The van der Waals surface area contributed by atoms with Crippen LogP contribution in [0, 0.1) is 18.7 Å². The molecule has 1 N–H and O–H groups in total. The molecular weight excluding hydrogens is 395 g/mol. The maximum absolute atomic E-state index is 13.7. The van der Waals surface area contributed by atoms with E-state index >= 15 is 0 Å². The van der Waals surface area contributed by atoms with Gasteiger partial charge < -0.3 is 14.7 Å². The van der Waals surface area contributed by atoms with Crippen molar-refractivity contribution in [1.29, 1.82) is 0 Å². The number of hydrogen-bond acceptors (Lipinski definition) is 5. The number of benzene rings is 2. The average molecular weight is 429 g/mol. The third-order valence-electron chi connectivity index (χ3n) is 5.18. The number of nitrogens with zero attached hydrogens (tertiary/aromatic N) is 2. The molecule has 1 aliphatic heterocycles. The van der Waals surface area contributed by atoms with Crippen molar-refractivity contribution in [3.63, 3.8) is 0 Å². The minimum Gasteiger partial charge on any atom is -0.390 e. The Hall–Kier alpha value is -2.28. The molecule has 0 radical (unpaired) electrons. The summed E-state index contributed by atoms with van der Waals surface area (Å²) in [6.45, 7) is 8.60. The van der Waals surface area contributed by atoms with Crippen molar-refractivity contribution in [2.24, 2.45) is 11.1 Å². The Balaban J connectivity index is 1.61. The molecule has 0 amide bonds. The molecule has 0 bridgehead atoms. The molecule has 0 spiro atoms. The molecule has 31 heavy (non-hydrogen) atoms. The second kappa shape index (κ2) is 11.4. The Morgan fingerprint density at radius 2 is 2.00 bits per heavy atom. The highest BCUT2D eigenvalue weighted by Crippen LogP contribution is 2.21. The van der Waals surface area contributed by atoms with E-state index in [1.807, 2.05) is 18.2 Å². The third-order valence-corrected chi connectivity index (χ3v) is 5.18. The molecule has 2 aromatic carbocycles. The second-order valence-electron chi connectivity index (χ2n) is 8.69. The highest BCUT2D eigenvalue weighted by atomic mass is 19.1. The Bertz CT molecular complexity index is 871. The van der Waals surface area contributed by atoms with Crippen LogP contribution in [0.4, 0.5) is 4.39 Å². The molecular formula is C25H33FN2O3. The molecule has 0 saturated carbocycles. The monoisotopic (exact) mass is 428 g/mol. The zero-order valence-electron chi connectivity index (χ0n) is 18.6. The van der Waals surface area contributed by atoms with E-state index in [-0.39, 0.29) is 18.5 Å². The van der Waals surface area contributed by atoms with Crippen molar-refractivity contribution >= 4 is 5.71 Å². The number of aliphatic hydroxyl groups excluding tert-OH is 1. The molecule has 3 rings (SSSR count). The lowest BCUT2D eigenvalue weighted by atomic mass is 10.00. The first-order valence-electron chi connectivity index (χ1n) is 10.9. The van der Waals surface area contributed by atoms with Gasteiger partial charge in [-0.2, -0.15) is 0 Å². The summed E-state index contributed by atoms with van der Waals surface area (Å²) in [4.78, 5) is 7.80. The van der Waals surface area contributed by atoms with E-state index in [9.17, 15) is 9.50 Å². The van der Waals surface area contributed by atoms with Crippen LogP contribution in [0.5, 0.6) is 0 Å². The van der Waals surface area contributed by atoms with Crippen molar-refractivity contribution in [1.82, 2.24) is 4.90 Å². The summed E-state index contributed by atoms with van der Waals surface area (Å²) in [6, 6.07) is 14.7. The number of halogens is 1. The fourth-order valence-electron chi connectivity index (χ4n) is 3.76. The Kier molecular flexibility index (Phi) is 8.58.